The summed E-state index contributed by atoms with van der Waals surface area (Å²) in [6.45, 7) is 7.51. The number of benzene rings is 1. The van der Waals surface area contributed by atoms with Gasteiger partial charge in [0.05, 0.1) is 0 Å². The predicted octanol–water partition coefficient (Wildman–Crippen LogP) is 4.25. The third-order valence-electron chi connectivity index (χ3n) is 4.97. The van der Waals surface area contributed by atoms with Crippen LogP contribution < -0.4 is 5.30 Å². The molecule has 17 heavy (non-hydrogen) atoms. The van der Waals surface area contributed by atoms with Crippen LogP contribution >= 0.6 is 7.92 Å². The van der Waals surface area contributed by atoms with E-state index in [9.17, 15) is 0 Å². The second-order valence-corrected chi connectivity index (χ2v) is 8.98. The highest BCUT2D eigenvalue weighted by atomic mass is 31.1. The molecule has 3 rings (SSSR count). The van der Waals surface area contributed by atoms with Gasteiger partial charge in [0, 0.05) is 0 Å². The summed E-state index contributed by atoms with van der Waals surface area (Å²) in [5.41, 5.74) is 1.56. The minimum absolute atomic E-state index is 0.0921. The van der Waals surface area contributed by atoms with E-state index in [-0.39, 0.29) is 7.92 Å². The molecule has 2 aliphatic rings. The van der Waals surface area contributed by atoms with E-state index in [1.54, 1.807) is 5.30 Å². The van der Waals surface area contributed by atoms with Gasteiger partial charge in [-0.15, -0.1) is 0 Å². The van der Waals surface area contributed by atoms with Crippen molar-refractivity contribution in [1.82, 2.24) is 0 Å². The van der Waals surface area contributed by atoms with E-state index in [0.29, 0.717) is 5.41 Å². The van der Waals surface area contributed by atoms with E-state index >= 15 is 0 Å². The molecule has 0 bridgehead atoms. The van der Waals surface area contributed by atoms with Gasteiger partial charge in [-0.2, -0.15) is 0 Å². The standard InChI is InChI=1S/C16H23P/c1-12-11-17(13-7-5-4-6-8-13)15-14(12)9-10-16(15,2)3/h4-8,12,14-15H,9-11H2,1-3H3/t12-,14-,15+,17?/m1/s1. The second kappa shape index (κ2) is 4.09. The highest BCUT2D eigenvalue weighted by Crippen LogP contribution is 2.66. The molecule has 4 atom stereocenters. The Labute approximate surface area is 107 Å². The average molecular weight is 246 g/mol. The fourth-order valence-corrected chi connectivity index (χ4v) is 8.20. The molecule has 1 aliphatic heterocycles. The molecular weight excluding hydrogens is 223 g/mol. The summed E-state index contributed by atoms with van der Waals surface area (Å²) in [5, 5.41) is 1.65. The molecule has 0 amide bonds. The van der Waals surface area contributed by atoms with E-state index in [1.165, 1.54) is 19.0 Å². The highest BCUT2D eigenvalue weighted by Gasteiger charge is 2.52. The van der Waals surface area contributed by atoms with Crippen molar-refractivity contribution >= 4 is 13.2 Å². The van der Waals surface area contributed by atoms with Crippen molar-refractivity contribution in [3.63, 3.8) is 0 Å². The predicted molar refractivity (Wildman–Crippen MR) is 77.3 cm³/mol. The van der Waals surface area contributed by atoms with Crippen molar-refractivity contribution in [2.45, 2.75) is 39.3 Å². The first-order valence-electron chi connectivity index (χ1n) is 6.91. The lowest BCUT2D eigenvalue weighted by Crippen LogP contribution is -2.26. The molecule has 92 valence electrons. The fraction of sp³-hybridized carbons (Fsp3) is 0.625. The lowest BCUT2D eigenvalue weighted by molar-refractivity contribution is 0.356. The maximum atomic E-state index is 2.51. The zero-order valence-corrected chi connectivity index (χ0v) is 12.1. The molecule has 1 unspecified atom stereocenters. The van der Waals surface area contributed by atoms with Gasteiger partial charge in [0.1, 0.15) is 0 Å². The van der Waals surface area contributed by atoms with E-state index in [2.05, 4.69) is 51.1 Å². The fourth-order valence-electron chi connectivity index (χ4n) is 4.12. The average Bonchev–Trinajstić information content (AvgIpc) is 2.81. The van der Waals surface area contributed by atoms with Crippen LogP contribution in [0.25, 0.3) is 0 Å². The summed E-state index contributed by atoms with van der Waals surface area (Å²) in [6, 6.07) is 11.3. The molecule has 0 aromatic heterocycles. The van der Waals surface area contributed by atoms with E-state index in [1.807, 2.05) is 0 Å². The molecular formula is C16H23P. The Morgan fingerprint density at radius 2 is 1.88 bits per heavy atom. The van der Waals surface area contributed by atoms with Crippen molar-refractivity contribution < 1.29 is 0 Å². The van der Waals surface area contributed by atoms with Crippen LogP contribution in [0, 0.1) is 17.3 Å². The lowest BCUT2D eigenvalue weighted by Gasteiger charge is -2.32. The molecule has 0 N–H and O–H groups in total. The Morgan fingerprint density at radius 1 is 1.18 bits per heavy atom. The summed E-state index contributed by atoms with van der Waals surface area (Å²) in [7, 11) is 0.0921. The lowest BCUT2D eigenvalue weighted by atomic mass is 9.87. The van der Waals surface area contributed by atoms with E-state index in [0.717, 1.165) is 17.5 Å². The number of rotatable bonds is 1. The molecule has 1 heteroatoms. The second-order valence-electron chi connectivity index (χ2n) is 6.60. The van der Waals surface area contributed by atoms with Gasteiger partial charge in [-0.05, 0) is 47.2 Å². The van der Waals surface area contributed by atoms with Crippen LogP contribution in [-0.4, -0.2) is 11.8 Å². The SMILES string of the molecule is C[C@@H]1CP(c2ccccc2)[C@H]2[C@@H]1CCC2(C)C. The first-order valence-corrected chi connectivity index (χ1v) is 8.51. The molecule has 1 aliphatic carbocycles. The summed E-state index contributed by atoms with van der Waals surface area (Å²) in [6.07, 6.45) is 4.39. The first kappa shape index (κ1) is 11.7. The molecule has 2 fully saturated rings. The van der Waals surface area contributed by atoms with Crippen LogP contribution in [0.4, 0.5) is 0 Å². The van der Waals surface area contributed by atoms with E-state index in [4.69, 9.17) is 0 Å². The van der Waals surface area contributed by atoms with Crippen molar-refractivity contribution in [2.75, 3.05) is 6.16 Å². The topological polar surface area (TPSA) is 0 Å². The molecule has 0 nitrogen and oxygen atoms in total. The molecule has 1 aromatic rings. The molecule has 0 radical (unpaired) electrons. The zero-order valence-electron chi connectivity index (χ0n) is 11.2. The summed E-state index contributed by atoms with van der Waals surface area (Å²) >= 11 is 0. The Balaban J connectivity index is 1.96. The van der Waals surface area contributed by atoms with Crippen LogP contribution in [-0.2, 0) is 0 Å². The number of hydrogen-bond donors (Lipinski definition) is 0. The maximum Gasteiger partial charge on any atom is -0.00865 e. The summed E-state index contributed by atoms with van der Waals surface area (Å²) < 4.78 is 0. The third kappa shape index (κ3) is 1.85. The highest BCUT2D eigenvalue weighted by molar-refractivity contribution is 7.66. The van der Waals surface area contributed by atoms with Gasteiger partial charge in [-0.3, -0.25) is 0 Å². The van der Waals surface area contributed by atoms with Crippen LogP contribution in [0.1, 0.15) is 33.6 Å². The monoisotopic (exact) mass is 246 g/mol. The maximum absolute atomic E-state index is 2.51. The van der Waals surface area contributed by atoms with Crippen molar-refractivity contribution in [3.05, 3.63) is 30.3 Å². The minimum Gasteiger partial charge on any atom is -0.0710 e. The molecule has 1 saturated heterocycles. The van der Waals surface area contributed by atoms with Crippen LogP contribution in [0.15, 0.2) is 30.3 Å². The molecule has 1 saturated carbocycles. The van der Waals surface area contributed by atoms with Gasteiger partial charge in [0.25, 0.3) is 0 Å². The Kier molecular flexibility index (Phi) is 2.82. The van der Waals surface area contributed by atoms with Crippen molar-refractivity contribution in [3.8, 4) is 0 Å². The van der Waals surface area contributed by atoms with Gasteiger partial charge in [0.15, 0.2) is 0 Å². The van der Waals surface area contributed by atoms with Crippen molar-refractivity contribution in [2.24, 2.45) is 17.3 Å². The van der Waals surface area contributed by atoms with E-state index < -0.39 is 0 Å². The Bertz CT molecular complexity index is 395. The summed E-state index contributed by atoms with van der Waals surface area (Å²) in [4.78, 5) is 0. The Morgan fingerprint density at radius 3 is 2.59 bits per heavy atom. The smallest absolute Gasteiger partial charge is 0.00865 e. The van der Waals surface area contributed by atoms with Gasteiger partial charge < -0.3 is 0 Å². The van der Waals surface area contributed by atoms with Gasteiger partial charge in [0.2, 0.25) is 0 Å². The third-order valence-corrected chi connectivity index (χ3v) is 8.65. The van der Waals surface area contributed by atoms with Crippen LogP contribution in [0.5, 0.6) is 0 Å². The summed E-state index contributed by atoms with van der Waals surface area (Å²) in [5.74, 6) is 1.96. The number of hydrogen-bond acceptors (Lipinski definition) is 0. The largest absolute Gasteiger partial charge is 0.0710 e. The molecule has 1 heterocycles. The Hall–Kier alpha value is -0.350. The van der Waals surface area contributed by atoms with Gasteiger partial charge >= 0.3 is 0 Å². The van der Waals surface area contributed by atoms with Crippen LogP contribution in [0.3, 0.4) is 0 Å². The van der Waals surface area contributed by atoms with Gasteiger partial charge in [-0.25, -0.2) is 0 Å². The zero-order chi connectivity index (χ0) is 12.0. The normalized spacial score (nSPS) is 39.2. The van der Waals surface area contributed by atoms with Crippen molar-refractivity contribution in [1.29, 1.82) is 0 Å². The molecule has 0 spiro atoms. The minimum atomic E-state index is 0.0921. The number of fused-ring (bicyclic) bond motifs is 1. The molecule has 1 aromatic carbocycles. The van der Waals surface area contributed by atoms with Gasteiger partial charge in [-0.1, -0.05) is 59.0 Å². The quantitative estimate of drug-likeness (QED) is 0.650. The first-order chi connectivity index (χ1) is 8.09. The van der Waals surface area contributed by atoms with Crippen LogP contribution in [0.2, 0.25) is 0 Å².